The number of ether oxygens (including phenoxy) is 1. The highest BCUT2D eigenvalue weighted by atomic mass is 16.5. The largest absolute Gasteiger partial charge is 0.481 e. The molecule has 5 nitrogen and oxygen atoms in total. The molecule has 1 unspecified atom stereocenters. The third-order valence-corrected chi connectivity index (χ3v) is 2.33. The second kappa shape index (κ2) is 8.85. The zero-order chi connectivity index (χ0) is 15.7. The maximum Gasteiger partial charge on any atom is 0.376 e. The van der Waals surface area contributed by atoms with Crippen LogP contribution in [-0.4, -0.2) is 28.7 Å². The lowest BCUT2D eigenvalue weighted by atomic mass is 9.99. The van der Waals surface area contributed by atoms with Crippen LogP contribution in [0, 0.1) is 0 Å². The lowest BCUT2D eigenvalue weighted by Gasteiger charge is -2.22. The summed E-state index contributed by atoms with van der Waals surface area (Å²) in [5.74, 6) is -2.69. The number of aliphatic carboxylic acids is 1. The molecule has 0 saturated heterocycles. The van der Waals surface area contributed by atoms with E-state index in [1.165, 1.54) is 6.07 Å². The van der Waals surface area contributed by atoms with Crippen molar-refractivity contribution < 1.29 is 24.2 Å². The number of hydrogen-bond donors (Lipinski definition) is 1. The van der Waals surface area contributed by atoms with Crippen LogP contribution in [0.15, 0.2) is 24.3 Å². The smallest absolute Gasteiger partial charge is 0.376 e. The Kier molecular flexibility index (Phi) is 7.89. The average Bonchev–Trinajstić information content (AvgIpc) is 2.50. The first-order chi connectivity index (χ1) is 9.59. The predicted octanol–water partition coefficient (Wildman–Crippen LogP) is 2.73. The monoisotopic (exact) mass is 280 g/mol. The van der Waals surface area contributed by atoms with E-state index in [2.05, 4.69) is 0 Å². The van der Waals surface area contributed by atoms with E-state index in [1.54, 1.807) is 18.2 Å². The summed E-state index contributed by atoms with van der Waals surface area (Å²) in [5.41, 5.74) is 0.386. The van der Waals surface area contributed by atoms with Crippen LogP contribution < -0.4 is 4.74 Å². The average molecular weight is 280 g/mol. The molecule has 2 rings (SSSR count). The van der Waals surface area contributed by atoms with Crippen LogP contribution in [0.3, 0.4) is 0 Å². The van der Waals surface area contributed by atoms with Gasteiger partial charge in [-0.25, -0.2) is 4.79 Å². The van der Waals surface area contributed by atoms with Gasteiger partial charge in [-0.05, 0) is 12.1 Å². The van der Waals surface area contributed by atoms with E-state index in [1.807, 2.05) is 27.7 Å². The summed E-state index contributed by atoms with van der Waals surface area (Å²) in [6.07, 6.45) is -1.43. The Labute approximate surface area is 118 Å². The molecule has 0 radical (unpaired) electrons. The summed E-state index contributed by atoms with van der Waals surface area (Å²) < 4.78 is 5.17. The third kappa shape index (κ3) is 4.19. The van der Waals surface area contributed by atoms with Gasteiger partial charge in [-0.2, -0.15) is 0 Å². The van der Waals surface area contributed by atoms with Crippen molar-refractivity contribution in [3.8, 4) is 5.75 Å². The number of carbonyl (C=O) groups excluding carboxylic acids is 2. The maximum atomic E-state index is 11.6. The van der Waals surface area contributed by atoms with Crippen LogP contribution in [-0.2, 0) is 9.59 Å². The molecule has 0 saturated carbocycles. The number of hydrogen-bond acceptors (Lipinski definition) is 4. The van der Waals surface area contributed by atoms with Crippen molar-refractivity contribution in [3.63, 3.8) is 0 Å². The van der Waals surface area contributed by atoms with Gasteiger partial charge in [0.25, 0.3) is 5.78 Å². The van der Waals surface area contributed by atoms with E-state index in [9.17, 15) is 14.4 Å². The highest BCUT2D eigenvalue weighted by molar-refractivity contribution is 6.35. The molecule has 0 bridgehead atoms. The van der Waals surface area contributed by atoms with Crippen molar-refractivity contribution in [2.45, 2.75) is 40.2 Å². The number of carboxylic acids is 1. The minimum absolute atomic E-state index is 0.220. The van der Waals surface area contributed by atoms with Gasteiger partial charge in [0.05, 0.1) is 12.0 Å². The zero-order valence-corrected chi connectivity index (χ0v) is 12.2. The molecule has 0 amide bonds. The van der Waals surface area contributed by atoms with E-state index in [0.717, 1.165) is 0 Å². The normalized spacial score (nSPS) is 15.4. The number of para-hydroxylation sites is 1. The second-order valence-electron chi connectivity index (χ2n) is 3.40. The highest BCUT2D eigenvalue weighted by Gasteiger charge is 2.34. The van der Waals surface area contributed by atoms with Crippen molar-refractivity contribution in [2.75, 3.05) is 0 Å². The fraction of sp³-hybridized carbons (Fsp3) is 0.400. The lowest BCUT2D eigenvalue weighted by Crippen LogP contribution is -2.38. The summed E-state index contributed by atoms with van der Waals surface area (Å²) >= 11 is 0. The molecule has 1 N–H and O–H groups in total. The minimum Gasteiger partial charge on any atom is -0.481 e. The van der Waals surface area contributed by atoms with Gasteiger partial charge in [0.15, 0.2) is 11.9 Å². The topological polar surface area (TPSA) is 80.7 Å². The number of fused-ring (bicyclic) bond motifs is 1. The lowest BCUT2D eigenvalue weighted by molar-refractivity contribution is -0.152. The number of benzene rings is 1. The van der Waals surface area contributed by atoms with Gasteiger partial charge in [0, 0.05) is 0 Å². The molecular weight excluding hydrogens is 260 g/mol. The van der Waals surface area contributed by atoms with E-state index in [4.69, 9.17) is 9.84 Å². The summed E-state index contributed by atoms with van der Waals surface area (Å²) in [6, 6.07) is 6.45. The fourth-order valence-electron chi connectivity index (χ4n) is 1.56. The minimum atomic E-state index is -1.59. The molecule has 5 heteroatoms. The van der Waals surface area contributed by atoms with Crippen molar-refractivity contribution in [2.24, 2.45) is 0 Å². The summed E-state index contributed by atoms with van der Waals surface area (Å²) in [6.45, 7) is 8.00. The molecule has 0 fully saturated rings. The molecule has 1 aliphatic rings. The highest BCUT2D eigenvalue weighted by Crippen LogP contribution is 2.27. The van der Waals surface area contributed by atoms with Crippen LogP contribution in [0.25, 0.3) is 0 Å². The first-order valence-electron chi connectivity index (χ1n) is 6.65. The molecule has 1 aromatic rings. The quantitative estimate of drug-likeness (QED) is 0.842. The van der Waals surface area contributed by atoms with Crippen LogP contribution in [0.2, 0.25) is 0 Å². The fourth-order valence-corrected chi connectivity index (χ4v) is 1.56. The Morgan fingerprint density at radius 3 is 2.25 bits per heavy atom. The van der Waals surface area contributed by atoms with Crippen LogP contribution in [0.4, 0.5) is 0 Å². The molecule has 20 heavy (non-hydrogen) atoms. The first kappa shape index (κ1) is 17.8. The van der Waals surface area contributed by atoms with Crippen molar-refractivity contribution in [1.29, 1.82) is 0 Å². The number of carbonyl (C=O) groups is 3. The Balaban J connectivity index is 0.000000829. The second-order valence-corrected chi connectivity index (χ2v) is 3.40. The number of carboxylic acid groups (broad SMARTS) is 1. The molecule has 1 aromatic carbocycles. The van der Waals surface area contributed by atoms with E-state index in [0.29, 0.717) is 5.56 Å². The number of Topliss-reactive ketones (excluding diaryl/α,β-unsaturated/α-hetero) is 2. The van der Waals surface area contributed by atoms with Gasteiger partial charge in [0.1, 0.15) is 5.75 Å². The molecule has 0 spiro atoms. The Morgan fingerprint density at radius 1 is 1.15 bits per heavy atom. The molecular formula is C15H20O5. The first-order valence-corrected chi connectivity index (χ1v) is 6.65. The Hall–Kier alpha value is -2.17. The van der Waals surface area contributed by atoms with Gasteiger partial charge in [-0.1, -0.05) is 39.8 Å². The third-order valence-electron chi connectivity index (χ3n) is 2.33. The molecule has 1 aliphatic heterocycles. The number of ketones is 2. The van der Waals surface area contributed by atoms with E-state index >= 15 is 0 Å². The van der Waals surface area contributed by atoms with Crippen molar-refractivity contribution >= 4 is 17.5 Å². The summed E-state index contributed by atoms with van der Waals surface area (Å²) in [4.78, 5) is 33.3. The van der Waals surface area contributed by atoms with E-state index < -0.39 is 17.9 Å². The molecule has 1 heterocycles. The van der Waals surface area contributed by atoms with Gasteiger partial charge in [0.2, 0.25) is 0 Å². The molecule has 1 atom stereocenters. The van der Waals surface area contributed by atoms with Crippen LogP contribution in [0.1, 0.15) is 44.5 Å². The van der Waals surface area contributed by atoms with Gasteiger partial charge < -0.3 is 9.84 Å². The van der Waals surface area contributed by atoms with E-state index in [-0.39, 0.29) is 18.0 Å². The van der Waals surface area contributed by atoms with Gasteiger partial charge >= 0.3 is 5.97 Å². The molecule has 0 aromatic heterocycles. The van der Waals surface area contributed by atoms with Crippen LogP contribution >= 0.6 is 0 Å². The molecule has 0 aliphatic carbocycles. The Morgan fingerprint density at radius 2 is 1.70 bits per heavy atom. The maximum absolute atomic E-state index is 11.6. The Bertz CT molecular complexity index is 479. The van der Waals surface area contributed by atoms with Crippen molar-refractivity contribution in [3.05, 3.63) is 29.8 Å². The van der Waals surface area contributed by atoms with Gasteiger partial charge in [-0.3, -0.25) is 9.59 Å². The summed E-state index contributed by atoms with van der Waals surface area (Å²) in [7, 11) is 0. The standard InChI is InChI=1S/C11H8O5.2C2H6/c12-7-5-9(10(13)11(14)15)16-8-4-2-1-3-6(7)8;2*1-2/h1-4,9H,5H2,(H,14,15);2*1-2H3. The SMILES string of the molecule is CC.CC.O=C(O)C(=O)C1CC(=O)c2ccccc2O1. The predicted molar refractivity (Wildman–Crippen MR) is 75.1 cm³/mol. The zero-order valence-electron chi connectivity index (χ0n) is 12.2. The van der Waals surface area contributed by atoms with Crippen molar-refractivity contribution in [1.82, 2.24) is 0 Å². The molecule has 110 valence electrons. The van der Waals surface area contributed by atoms with Gasteiger partial charge in [-0.15, -0.1) is 0 Å². The summed E-state index contributed by atoms with van der Waals surface area (Å²) in [5, 5.41) is 8.53. The number of rotatable bonds is 2. The van der Waals surface area contributed by atoms with Crippen LogP contribution in [0.5, 0.6) is 5.75 Å².